The number of nitrogens with zero attached hydrogens (tertiary/aromatic N) is 2. The Morgan fingerprint density at radius 2 is 1.07 bits per heavy atom. The van der Waals surface area contributed by atoms with Crippen molar-refractivity contribution in [3.63, 3.8) is 0 Å². The van der Waals surface area contributed by atoms with Crippen molar-refractivity contribution in [1.82, 2.24) is 0 Å². The highest BCUT2D eigenvalue weighted by Crippen LogP contribution is 2.56. The molecule has 2 aromatic rings. The summed E-state index contributed by atoms with van der Waals surface area (Å²) in [5.41, 5.74) is -2.38. The quantitative estimate of drug-likeness (QED) is 0.324. The van der Waals surface area contributed by atoms with Crippen LogP contribution in [0.5, 0.6) is 0 Å². The van der Waals surface area contributed by atoms with Gasteiger partial charge in [-0.05, 0) is 16.6 Å². The van der Waals surface area contributed by atoms with E-state index >= 15 is 4.48 Å². The third-order valence-corrected chi connectivity index (χ3v) is 6.60. The molecule has 3 heterocycles. The Morgan fingerprint density at radius 3 is 1.50 bits per heavy atom. The van der Waals surface area contributed by atoms with Crippen molar-refractivity contribution in [2.24, 2.45) is 0 Å². The van der Waals surface area contributed by atoms with Crippen LogP contribution in [0.2, 0.25) is 0 Å². The summed E-state index contributed by atoms with van der Waals surface area (Å²) < 4.78 is 97.5. The van der Waals surface area contributed by atoms with Crippen molar-refractivity contribution in [3.8, 4) is 0 Å². The van der Waals surface area contributed by atoms with E-state index in [-0.39, 0.29) is 41.8 Å². The summed E-state index contributed by atoms with van der Waals surface area (Å²) >= 11 is 0. The van der Waals surface area contributed by atoms with Crippen LogP contribution in [-0.2, 0) is 12.4 Å². The summed E-state index contributed by atoms with van der Waals surface area (Å²) in [6.07, 6.45) is -9.44. The van der Waals surface area contributed by atoms with Gasteiger partial charge in [-0.2, -0.15) is 26.3 Å². The van der Waals surface area contributed by atoms with E-state index in [0.29, 0.717) is 0 Å². The Kier molecular flexibility index (Phi) is 4.70. The van der Waals surface area contributed by atoms with Crippen LogP contribution in [0.4, 0.5) is 30.8 Å². The number of piperazine rings is 3. The number of hydrogen-bond acceptors (Lipinski definition) is 0. The molecule has 0 aliphatic carbocycles. The van der Waals surface area contributed by atoms with E-state index in [2.05, 4.69) is 0 Å². The first-order valence-electron chi connectivity index (χ1n) is 9.60. The van der Waals surface area contributed by atoms with E-state index in [4.69, 9.17) is 0 Å². The molecule has 30 heavy (non-hydrogen) atoms. The predicted octanol–water partition coefficient (Wildman–Crippen LogP) is 5.68. The molecule has 0 aromatic heterocycles. The lowest BCUT2D eigenvalue weighted by molar-refractivity contribution is -1.18. The minimum absolute atomic E-state index is 0.0436. The van der Waals surface area contributed by atoms with E-state index in [1.807, 2.05) is 0 Å². The van der Waals surface area contributed by atoms with Crippen LogP contribution < -0.4 is 0 Å². The van der Waals surface area contributed by atoms with Gasteiger partial charge in [-0.25, -0.2) is 0 Å². The van der Waals surface area contributed by atoms with Crippen molar-refractivity contribution in [3.05, 3.63) is 70.8 Å². The molecule has 3 aliphatic heterocycles. The van der Waals surface area contributed by atoms with Gasteiger partial charge in [0.05, 0.1) is 18.2 Å². The molecule has 0 saturated carbocycles. The third-order valence-electron chi connectivity index (χ3n) is 6.60. The number of likely N-dealkylation sites (N-methyl/N-ethyl adjacent to an activating group) is 1. The third kappa shape index (κ3) is 3.28. The Balaban J connectivity index is 1.98. The van der Waals surface area contributed by atoms with Crippen LogP contribution in [0.25, 0.3) is 0 Å². The molecule has 5 rings (SSSR count). The van der Waals surface area contributed by atoms with Gasteiger partial charge in [0, 0.05) is 11.1 Å². The Labute approximate surface area is 169 Å². The van der Waals surface area contributed by atoms with E-state index in [1.165, 1.54) is 36.4 Å². The maximum atomic E-state index is 16.1. The average molecular weight is 434 g/mol. The second-order valence-electron chi connectivity index (χ2n) is 8.36. The molecular weight excluding hydrogens is 413 g/mol. The predicted molar refractivity (Wildman–Crippen MR) is 95.4 cm³/mol. The lowest BCUT2D eigenvalue weighted by Crippen LogP contribution is -2.72. The Morgan fingerprint density at radius 1 is 0.667 bits per heavy atom. The first-order chi connectivity index (χ1) is 13.9. The van der Waals surface area contributed by atoms with Gasteiger partial charge in [0.25, 0.3) is 0 Å². The molecule has 0 N–H and O–H groups in total. The molecule has 3 fully saturated rings. The Bertz CT molecular complexity index is 865. The standard InChI is InChI=1S/C21H21F7N2/c1-29-10-12-30(28,13-11-29)19(15-7-3-5-9-17(15)21(25,26)27)18(29)14-6-2-4-8-16(14)20(22,23)24/h2-9,18-19H,10-13H2,1H3/q+2/t18-,19-,29?,30?/m0/s1. The van der Waals surface area contributed by atoms with Gasteiger partial charge in [-0.15, -0.1) is 4.71 Å². The first kappa shape index (κ1) is 21.1. The summed E-state index contributed by atoms with van der Waals surface area (Å²) in [6, 6.07) is 7.01. The molecule has 3 saturated heterocycles. The molecule has 2 aromatic carbocycles. The topological polar surface area (TPSA) is 0 Å². The number of hydrogen-bond donors (Lipinski definition) is 0. The second-order valence-corrected chi connectivity index (χ2v) is 8.36. The zero-order valence-electron chi connectivity index (χ0n) is 16.1. The average Bonchev–Trinajstić information content (AvgIpc) is 2.67. The van der Waals surface area contributed by atoms with Gasteiger partial charge in [0.1, 0.15) is 13.1 Å². The number of quaternary nitrogens is 2. The smallest absolute Gasteiger partial charge is 0.305 e. The summed E-state index contributed by atoms with van der Waals surface area (Å²) in [5, 5.41) is 0. The normalized spacial score (nSPS) is 31.7. The lowest BCUT2D eigenvalue weighted by atomic mass is 9.80. The molecule has 2 bridgehead atoms. The van der Waals surface area contributed by atoms with Gasteiger partial charge in [0.2, 0.25) is 6.04 Å². The molecular formula is C21H21F7N2+2. The number of rotatable bonds is 2. The first-order valence-corrected chi connectivity index (χ1v) is 9.60. The minimum Gasteiger partial charge on any atom is -0.305 e. The van der Waals surface area contributed by atoms with Gasteiger partial charge >= 0.3 is 12.4 Å². The number of halogens is 7. The highest BCUT2D eigenvalue weighted by atomic mass is 19.4. The van der Waals surface area contributed by atoms with Crippen molar-refractivity contribution in [2.75, 3.05) is 33.2 Å². The van der Waals surface area contributed by atoms with Crippen LogP contribution in [-0.4, -0.2) is 42.4 Å². The zero-order chi connectivity index (χ0) is 21.9. The summed E-state index contributed by atoms with van der Waals surface area (Å²) in [6.45, 7) is 0.409. The van der Waals surface area contributed by atoms with Crippen LogP contribution in [0.15, 0.2) is 48.5 Å². The Hall–Kier alpha value is -2.13. The summed E-state index contributed by atoms with van der Waals surface area (Å²) in [4.78, 5) is 0. The van der Waals surface area contributed by atoms with Crippen LogP contribution in [0.1, 0.15) is 34.3 Å². The lowest BCUT2D eigenvalue weighted by Gasteiger charge is -2.57. The number of alkyl halides is 6. The van der Waals surface area contributed by atoms with Gasteiger partial charge in [-0.1, -0.05) is 36.4 Å². The molecule has 0 spiro atoms. The zero-order valence-corrected chi connectivity index (χ0v) is 16.1. The molecule has 9 heteroatoms. The monoisotopic (exact) mass is 434 g/mol. The number of fused-ring (bicyclic) bond motifs is 3. The van der Waals surface area contributed by atoms with Crippen LogP contribution >= 0.6 is 0 Å². The molecule has 2 nitrogen and oxygen atoms in total. The molecule has 0 amide bonds. The minimum atomic E-state index is -4.74. The fourth-order valence-corrected chi connectivity index (χ4v) is 5.11. The van der Waals surface area contributed by atoms with E-state index < -0.39 is 40.3 Å². The number of benzene rings is 2. The molecule has 162 valence electrons. The van der Waals surface area contributed by atoms with Gasteiger partial charge in [-0.3, -0.25) is 0 Å². The largest absolute Gasteiger partial charge is 0.416 e. The fourth-order valence-electron chi connectivity index (χ4n) is 5.11. The van der Waals surface area contributed by atoms with Gasteiger partial charge < -0.3 is 4.48 Å². The summed E-state index contributed by atoms with van der Waals surface area (Å²) in [7, 11) is 1.71. The maximum Gasteiger partial charge on any atom is 0.416 e. The van der Waals surface area contributed by atoms with Crippen LogP contribution in [0, 0.1) is 0 Å². The van der Waals surface area contributed by atoms with Crippen molar-refractivity contribution >= 4 is 0 Å². The highest BCUT2D eigenvalue weighted by molar-refractivity contribution is 5.38. The molecule has 0 unspecified atom stereocenters. The second kappa shape index (κ2) is 6.68. The van der Waals surface area contributed by atoms with Crippen molar-refractivity contribution in [1.29, 1.82) is 0 Å². The SMILES string of the molecule is C[N+]12CC[N+](F)(CC1)[C@@H](c1ccccc1C(F)(F)F)[C@@H]2c1ccccc1C(F)(F)F. The fraction of sp³-hybridized carbons (Fsp3) is 0.429. The van der Waals surface area contributed by atoms with Crippen molar-refractivity contribution < 1.29 is 40.0 Å². The molecule has 0 radical (unpaired) electrons. The molecule has 2 atom stereocenters. The van der Waals surface area contributed by atoms with E-state index in [0.717, 1.165) is 12.1 Å². The van der Waals surface area contributed by atoms with Crippen molar-refractivity contribution in [2.45, 2.75) is 24.4 Å². The van der Waals surface area contributed by atoms with E-state index in [1.54, 1.807) is 7.05 Å². The summed E-state index contributed by atoms with van der Waals surface area (Å²) in [5.74, 6) is 0. The molecule has 3 aliphatic rings. The highest BCUT2D eigenvalue weighted by Gasteiger charge is 2.65. The maximum absolute atomic E-state index is 16.1. The van der Waals surface area contributed by atoms with Gasteiger partial charge in [0.15, 0.2) is 19.1 Å². The van der Waals surface area contributed by atoms with Crippen LogP contribution in [0.3, 0.4) is 0 Å². The van der Waals surface area contributed by atoms with E-state index in [9.17, 15) is 26.3 Å².